The Morgan fingerprint density at radius 3 is 2.42 bits per heavy atom. The van der Waals surface area contributed by atoms with E-state index in [0.717, 1.165) is 5.56 Å². The normalized spacial score (nSPS) is 10.6. The fourth-order valence-electron chi connectivity index (χ4n) is 3.23. The summed E-state index contributed by atoms with van der Waals surface area (Å²) in [5, 5.41) is 7.08. The van der Waals surface area contributed by atoms with Crippen molar-refractivity contribution in [2.45, 2.75) is 34.2 Å². The minimum Gasteiger partial charge on any atom is -0.452 e. The monoisotopic (exact) mass is 419 g/mol. The number of anilines is 1. The number of carbonyl (C=O) groups excluding carboxylic acids is 3. The van der Waals surface area contributed by atoms with Gasteiger partial charge in [-0.25, -0.2) is 4.79 Å². The van der Waals surface area contributed by atoms with Gasteiger partial charge in [0.1, 0.15) is 5.56 Å². The van der Waals surface area contributed by atoms with Crippen LogP contribution in [0.5, 0.6) is 0 Å². The van der Waals surface area contributed by atoms with Gasteiger partial charge in [0.15, 0.2) is 12.4 Å². The highest BCUT2D eigenvalue weighted by molar-refractivity contribution is 5.98. The lowest BCUT2D eigenvalue weighted by Gasteiger charge is -2.08. The van der Waals surface area contributed by atoms with Crippen molar-refractivity contribution in [1.82, 2.24) is 9.78 Å². The average Bonchev–Trinajstić information content (AvgIpc) is 3.01. The lowest BCUT2D eigenvalue weighted by atomic mass is 10.1. The van der Waals surface area contributed by atoms with E-state index in [9.17, 15) is 14.4 Å². The number of esters is 1. The lowest BCUT2D eigenvalue weighted by molar-refractivity contribution is -0.119. The molecule has 0 aliphatic heterocycles. The summed E-state index contributed by atoms with van der Waals surface area (Å²) in [6, 6.07) is 14.7. The standard InChI is InChI=1S/C24H25N3O4/c1-15-8-10-19(11-9-15)13-27-17(3)23(16(2)26-27)24(30)31-14-22(29)25-21-7-5-6-20(12-21)18(4)28/h5-12H,13-14H2,1-4H3,(H,25,29). The van der Waals surface area contributed by atoms with E-state index < -0.39 is 18.5 Å². The molecule has 160 valence electrons. The van der Waals surface area contributed by atoms with Gasteiger partial charge in [-0.05, 0) is 45.4 Å². The maximum absolute atomic E-state index is 12.6. The second kappa shape index (κ2) is 9.38. The summed E-state index contributed by atoms with van der Waals surface area (Å²) in [5.41, 5.74) is 4.78. The number of aryl methyl sites for hydroxylation is 2. The molecule has 0 aliphatic rings. The number of nitrogens with one attached hydrogen (secondary N) is 1. The van der Waals surface area contributed by atoms with Gasteiger partial charge in [-0.2, -0.15) is 5.10 Å². The van der Waals surface area contributed by atoms with E-state index in [1.807, 2.05) is 31.2 Å². The minimum atomic E-state index is -0.599. The Bertz CT molecular complexity index is 1130. The number of hydrogen-bond donors (Lipinski definition) is 1. The molecule has 0 unspecified atom stereocenters. The van der Waals surface area contributed by atoms with Gasteiger partial charge in [0.2, 0.25) is 0 Å². The fraction of sp³-hybridized carbons (Fsp3) is 0.250. The molecule has 3 aromatic rings. The van der Waals surface area contributed by atoms with Crippen molar-refractivity contribution >= 4 is 23.3 Å². The molecule has 0 spiro atoms. The van der Waals surface area contributed by atoms with Gasteiger partial charge in [0.25, 0.3) is 5.91 Å². The van der Waals surface area contributed by atoms with Gasteiger partial charge in [-0.1, -0.05) is 42.0 Å². The molecule has 7 heteroatoms. The minimum absolute atomic E-state index is 0.101. The predicted molar refractivity (Wildman–Crippen MR) is 117 cm³/mol. The number of Topliss-reactive ketones (excluding diaryl/α,β-unsaturated/α-hetero) is 1. The maximum Gasteiger partial charge on any atom is 0.342 e. The molecule has 0 atom stereocenters. The van der Waals surface area contributed by atoms with Crippen LogP contribution in [0.3, 0.4) is 0 Å². The van der Waals surface area contributed by atoms with E-state index in [-0.39, 0.29) is 5.78 Å². The second-order valence-corrected chi connectivity index (χ2v) is 7.45. The van der Waals surface area contributed by atoms with Crippen LogP contribution in [0.4, 0.5) is 5.69 Å². The Morgan fingerprint density at radius 2 is 1.74 bits per heavy atom. The molecule has 31 heavy (non-hydrogen) atoms. The third-order valence-electron chi connectivity index (χ3n) is 4.93. The van der Waals surface area contributed by atoms with Crippen LogP contribution in [-0.2, 0) is 16.1 Å². The first-order valence-electron chi connectivity index (χ1n) is 9.92. The quantitative estimate of drug-likeness (QED) is 0.464. The summed E-state index contributed by atoms with van der Waals surface area (Å²) in [7, 11) is 0. The Hall–Kier alpha value is -3.74. The van der Waals surface area contributed by atoms with Crippen LogP contribution < -0.4 is 5.32 Å². The molecule has 1 amide bonds. The molecule has 0 radical (unpaired) electrons. The third kappa shape index (κ3) is 5.45. The number of rotatable bonds is 7. The molecule has 1 N–H and O–H groups in total. The molecule has 7 nitrogen and oxygen atoms in total. The first kappa shape index (κ1) is 22.0. The molecule has 0 saturated carbocycles. The number of nitrogens with zero attached hydrogens (tertiary/aromatic N) is 2. The van der Waals surface area contributed by atoms with Crippen LogP contribution in [0.15, 0.2) is 48.5 Å². The molecular weight excluding hydrogens is 394 g/mol. The van der Waals surface area contributed by atoms with Crippen LogP contribution in [-0.4, -0.2) is 34.0 Å². The molecule has 0 saturated heterocycles. The predicted octanol–water partition coefficient (Wildman–Crippen LogP) is 3.85. The number of ketones is 1. The number of benzene rings is 2. The molecule has 0 bridgehead atoms. The highest BCUT2D eigenvalue weighted by atomic mass is 16.5. The summed E-state index contributed by atoms with van der Waals surface area (Å²) in [5.74, 6) is -1.19. The van der Waals surface area contributed by atoms with E-state index in [1.54, 1.807) is 42.8 Å². The summed E-state index contributed by atoms with van der Waals surface area (Å²) < 4.78 is 6.96. The highest BCUT2D eigenvalue weighted by Gasteiger charge is 2.21. The van der Waals surface area contributed by atoms with Crippen LogP contribution in [0.1, 0.15) is 50.2 Å². The van der Waals surface area contributed by atoms with Crippen LogP contribution >= 0.6 is 0 Å². The first-order chi connectivity index (χ1) is 14.7. The molecule has 1 aromatic heterocycles. The molecule has 1 heterocycles. The Labute approximate surface area is 181 Å². The van der Waals surface area contributed by atoms with Crippen molar-refractivity contribution in [1.29, 1.82) is 0 Å². The third-order valence-corrected chi connectivity index (χ3v) is 4.93. The van der Waals surface area contributed by atoms with Crippen molar-refractivity contribution in [3.05, 3.63) is 82.2 Å². The molecule has 0 fully saturated rings. The van der Waals surface area contributed by atoms with Crippen molar-refractivity contribution in [3.8, 4) is 0 Å². The van der Waals surface area contributed by atoms with Crippen LogP contribution in [0.25, 0.3) is 0 Å². The largest absolute Gasteiger partial charge is 0.452 e. The zero-order valence-corrected chi connectivity index (χ0v) is 18.1. The smallest absolute Gasteiger partial charge is 0.342 e. The van der Waals surface area contributed by atoms with E-state index in [2.05, 4.69) is 10.4 Å². The maximum atomic E-state index is 12.6. The van der Waals surface area contributed by atoms with Gasteiger partial charge < -0.3 is 10.1 Å². The molecular formula is C24H25N3O4. The van der Waals surface area contributed by atoms with Crippen molar-refractivity contribution in [3.63, 3.8) is 0 Å². The Balaban J connectivity index is 1.63. The van der Waals surface area contributed by atoms with E-state index in [0.29, 0.717) is 34.7 Å². The fourth-order valence-corrected chi connectivity index (χ4v) is 3.23. The zero-order valence-electron chi connectivity index (χ0n) is 18.1. The summed E-state index contributed by atoms with van der Waals surface area (Å²) in [4.78, 5) is 36.2. The van der Waals surface area contributed by atoms with Crippen molar-refractivity contribution < 1.29 is 19.1 Å². The van der Waals surface area contributed by atoms with Crippen LogP contribution in [0, 0.1) is 20.8 Å². The van der Waals surface area contributed by atoms with Gasteiger partial charge in [0.05, 0.1) is 17.9 Å². The Kier molecular flexibility index (Phi) is 6.65. The topological polar surface area (TPSA) is 90.3 Å². The SMILES string of the molecule is CC(=O)c1cccc(NC(=O)COC(=O)c2c(C)nn(Cc3ccc(C)cc3)c2C)c1. The van der Waals surface area contributed by atoms with E-state index >= 15 is 0 Å². The van der Waals surface area contributed by atoms with Crippen LogP contribution in [0.2, 0.25) is 0 Å². The number of hydrogen-bond acceptors (Lipinski definition) is 5. The van der Waals surface area contributed by atoms with Gasteiger partial charge in [0, 0.05) is 11.3 Å². The lowest BCUT2D eigenvalue weighted by Crippen LogP contribution is -2.21. The zero-order chi connectivity index (χ0) is 22.5. The summed E-state index contributed by atoms with van der Waals surface area (Å²) in [6.07, 6.45) is 0. The van der Waals surface area contributed by atoms with Crippen molar-refractivity contribution in [2.75, 3.05) is 11.9 Å². The summed E-state index contributed by atoms with van der Waals surface area (Å²) in [6.45, 7) is 7.11. The summed E-state index contributed by atoms with van der Waals surface area (Å²) >= 11 is 0. The molecule has 2 aromatic carbocycles. The van der Waals surface area contributed by atoms with E-state index in [4.69, 9.17) is 4.74 Å². The molecule has 3 rings (SSSR count). The van der Waals surface area contributed by atoms with E-state index in [1.165, 1.54) is 12.5 Å². The average molecular weight is 419 g/mol. The number of aromatic nitrogens is 2. The van der Waals surface area contributed by atoms with Gasteiger partial charge in [-0.15, -0.1) is 0 Å². The highest BCUT2D eigenvalue weighted by Crippen LogP contribution is 2.17. The molecule has 0 aliphatic carbocycles. The van der Waals surface area contributed by atoms with Gasteiger partial charge in [-0.3, -0.25) is 14.3 Å². The first-order valence-corrected chi connectivity index (χ1v) is 9.92. The van der Waals surface area contributed by atoms with Crippen molar-refractivity contribution in [2.24, 2.45) is 0 Å². The Morgan fingerprint density at radius 1 is 1.03 bits per heavy atom. The second-order valence-electron chi connectivity index (χ2n) is 7.45. The number of ether oxygens (including phenoxy) is 1. The number of amides is 1. The van der Waals surface area contributed by atoms with Gasteiger partial charge >= 0.3 is 5.97 Å². The number of carbonyl (C=O) groups is 3.